The van der Waals surface area contributed by atoms with Crippen LogP contribution in [0.15, 0.2) is 18.2 Å². The second kappa shape index (κ2) is 4.97. The van der Waals surface area contributed by atoms with Crippen LogP contribution in [-0.4, -0.2) is 41.6 Å². The molecule has 2 unspecified atom stereocenters. The zero-order chi connectivity index (χ0) is 14.2. The number of aliphatic carboxylic acids is 1. The predicted octanol–water partition coefficient (Wildman–Crippen LogP) is 1.12. The average molecular weight is 267 g/mol. The van der Waals surface area contributed by atoms with Crippen molar-refractivity contribution in [3.63, 3.8) is 0 Å². The molecular formula is C13H14FNO4. The third-order valence-electron chi connectivity index (χ3n) is 3.29. The fraction of sp³-hybridized carbons (Fsp3) is 0.385. The quantitative estimate of drug-likeness (QED) is 0.872. The van der Waals surface area contributed by atoms with Crippen LogP contribution < -0.4 is 0 Å². The molecule has 19 heavy (non-hydrogen) atoms. The lowest BCUT2D eigenvalue weighted by Crippen LogP contribution is -2.50. The van der Waals surface area contributed by atoms with Crippen LogP contribution in [0, 0.1) is 12.7 Å². The van der Waals surface area contributed by atoms with E-state index < -0.39 is 23.9 Å². The molecule has 5 nitrogen and oxygen atoms in total. The molecule has 0 spiro atoms. The van der Waals surface area contributed by atoms with Crippen molar-refractivity contribution < 1.29 is 23.8 Å². The van der Waals surface area contributed by atoms with Gasteiger partial charge in [0.25, 0.3) is 0 Å². The van der Waals surface area contributed by atoms with E-state index in [1.165, 1.54) is 24.1 Å². The predicted molar refractivity (Wildman–Crippen MR) is 64.0 cm³/mol. The summed E-state index contributed by atoms with van der Waals surface area (Å²) in [6, 6.07) is 3.26. The second-order valence-corrected chi connectivity index (χ2v) is 4.52. The lowest BCUT2D eigenvalue weighted by atomic mass is 9.94. The summed E-state index contributed by atoms with van der Waals surface area (Å²) in [6.45, 7) is 1.46. The molecule has 6 heteroatoms. The van der Waals surface area contributed by atoms with Gasteiger partial charge >= 0.3 is 5.97 Å². The number of hydrogen-bond acceptors (Lipinski definition) is 3. The van der Waals surface area contributed by atoms with Crippen molar-refractivity contribution in [1.82, 2.24) is 4.90 Å². The van der Waals surface area contributed by atoms with E-state index in [0.717, 1.165) is 0 Å². The molecule has 1 aliphatic heterocycles. The van der Waals surface area contributed by atoms with E-state index in [0.29, 0.717) is 11.1 Å². The number of aryl methyl sites for hydroxylation is 1. The van der Waals surface area contributed by atoms with Crippen molar-refractivity contribution in [3.8, 4) is 0 Å². The van der Waals surface area contributed by atoms with E-state index >= 15 is 0 Å². The molecule has 102 valence electrons. The molecule has 0 aromatic heterocycles. The van der Waals surface area contributed by atoms with Crippen molar-refractivity contribution in [2.45, 2.75) is 19.1 Å². The number of amides is 1. The van der Waals surface area contributed by atoms with Crippen LogP contribution in [0.25, 0.3) is 0 Å². The van der Waals surface area contributed by atoms with E-state index in [1.807, 2.05) is 0 Å². The Morgan fingerprint density at radius 3 is 2.84 bits per heavy atom. The SMILES string of the molecule is Cc1ccc(F)cc1C1C(C(=O)O)OCC(=O)N1C. The molecule has 2 atom stereocenters. The summed E-state index contributed by atoms with van der Waals surface area (Å²) in [4.78, 5) is 24.2. The first-order valence-electron chi connectivity index (χ1n) is 5.78. The van der Waals surface area contributed by atoms with Crippen molar-refractivity contribution in [2.24, 2.45) is 0 Å². The Morgan fingerprint density at radius 2 is 2.21 bits per heavy atom. The summed E-state index contributed by atoms with van der Waals surface area (Å²) in [5.41, 5.74) is 1.16. The number of halogens is 1. The number of ether oxygens (including phenoxy) is 1. The maximum Gasteiger partial charge on any atom is 0.335 e. The van der Waals surface area contributed by atoms with Crippen LogP contribution >= 0.6 is 0 Å². The molecule has 1 heterocycles. The number of carboxylic acids is 1. The van der Waals surface area contributed by atoms with E-state index in [4.69, 9.17) is 4.74 Å². The minimum absolute atomic E-state index is 0.279. The molecule has 0 aliphatic carbocycles. The molecule has 1 fully saturated rings. The van der Waals surface area contributed by atoms with Gasteiger partial charge in [0.1, 0.15) is 12.4 Å². The third-order valence-corrected chi connectivity index (χ3v) is 3.29. The Kier molecular flexibility index (Phi) is 3.53. The average Bonchev–Trinajstić information content (AvgIpc) is 2.35. The molecule has 1 N–H and O–H groups in total. The molecule has 1 saturated heterocycles. The van der Waals surface area contributed by atoms with Gasteiger partial charge in [-0.15, -0.1) is 0 Å². The fourth-order valence-electron chi connectivity index (χ4n) is 2.22. The normalized spacial score (nSPS) is 23.5. The monoisotopic (exact) mass is 267 g/mol. The largest absolute Gasteiger partial charge is 0.479 e. The Bertz CT molecular complexity index is 531. The Balaban J connectivity index is 2.49. The highest BCUT2D eigenvalue weighted by Gasteiger charge is 2.40. The number of nitrogens with zero attached hydrogens (tertiary/aromatic N) is 1. The standard InChI is InChI=1S/C13H14FNO4/c1-7-3-4-8(14)5-9(7)11-12(13(17)18)19-6-10(16)15(11)2/h3-5,11-12H,6H2,1-2H3,(H,17,18). The zero-order valence-electron chi connectivity index (χ0n) is 10.6. The zero-order valence-corrected chi connectivity index (χ0v) is 10.6. The number of carbonyl (C=O) groups excluding carboxylic acids is 1. The van der Waals surface area contributed by atoms with E-state index in [1.54, 1.807) is 13.0 Å². The first-order valence-corrected chi connectivity index (χ1v) is 5.78. The van der Waals surface area contributed by atoms with Gasteiger partial charge in [-0.2, -0.15) is 0 Å². The Hall–Kier alpha value is -1.95. The Labute approximate surface area is 109 Å². The van der Waals surface area contributed by atoms with Crippen LogP contribution in [0.5, 0.6) is 0 Å². The highest BCUT2D eigenvalue weighted by Crippen LogP contribution is 2.31. The highest BCUT2D eigenvalue weighted by atomic mass is 19.1. The van der Waals surface area contributed by atoms with Crippen molar-refractivity contribution in [3.05, 3.63) is 35.1 Å². The number of carbonyl (C=O) groups is 2. The molecule has 0 saturated carbocycles. The minimum Gasteiger partial charge on any atom is -0.479 e. The van der Waals surface area contributed by atoms with Crippen LogP contribution in [-0.2, 0) is 14.3 Å². The van der Waals surface area contributed by atoms with Crippen molar-refractivity contribution >= 4 is 11.9 Å². The van der Waals surface area contributed by atoms with E-state index in [9.17, 15) is 19.1 Å². The topological polar surface area (TPSA) is 66.8 Å². The lowest BCUT2D eigenvalue weighted by Gasteiger charge is -2.37. The van der Waals surface area contributed by atoms with Gasteiger partial charge in [0.2, 0.25) is 5.91 Å². The molecule has 2 rings (SSSR count). The van der Waals surface area contributed by atoms with Gasteiger partial charge in [-0.25, -0.2) is 9.18 Å². The number of likely N-dealkylation sites (N-methyl/N-ethyl adjacent to an activating group) is 1. The van der Waals surface area contributed by atoms with Gasteiger partial charge in [-0.3, -0.25) is 4.79 Å². The van der Waals surface area contributed by atoms with Gasteiger partial charge in [0.05, 0.1) is 6.04 Å². The second-order valence-electron chi connectivity index (χ2n) is 4.52. The number of morpholine rings is 1. The highest BCUT2D eigenvalue weighted by molar-refractivity contribution is 5.82. The van der Waals surface area contributed by atoms with Gasteiger partial charge < -0.3 is 14.7 Å². The molecular weight excluding hydrogens is 253 g/mol. The van der Waals surface area contributed by atoms with E-state index in [2.05, 4.69) is 0 Å². The van der Waals surface area contributed by atoms with Gasteiger partial charge in [0.15, 0.2) is 6.10 Å². The van der Waals surface area contributed by atoms with E-state index in [-0.39, 0.29) is 12.5 Å². The third kappa shape index (κ3) is 2.44. The molecule has 0 radical (unpaired) electrons. The van der Waals surface area contributed by atoms with Gasteiger partial charge in [0, 0.05) is 7.05 Å². The maximum absolute atomic E-state index is 13.4. The number of benzene rings is 1. The molecule has 1 aromatic carbocycles. The molecule has 1 aliphatic rings. The first kappa shape index (κ1) is 13.5. The summed E-state index contributed by atoms with van der Waals surface area (Å²) in [5, 5.41) is 9.18. The fourth-order valence-corrected chi connectivity index (χ4v) is 2.22. The summed E-state index contributed by atoms with van der Waals surface area (Å²) in [7, 11) is 1.50. The van der Waals surface area contributed by atoms with Gasteiger partial charge in [-0.05, 0) is 30.2 Å². The maximum atomic E-state index is 13.4. The lowest BCUT2D eigenvalue weighted by molar-refractivity contribution is -0.171. The molecule has 1 aromatic rings. The summed E-state index contributed by atoms with van der Waals surface area (Å²) < 4.78 is 18.4. The summed E-state index contributed by atoms with van der Waals surface area (Å²) in [5.74, 6) is -1.98. The van der Waals surface area contributed by atoms with Crippen LogP contribution in [0.3, 0.4) is 0 Å². The first-order chi connectivity index (χ1) is 8.91. The minimum atomic E-state index is -1.19. The number of rotatable bonds is 2. The van der Waals surface area contributed by atoms with Crippen LogP contribution in [0.2, 0.25) is 0 Å². The van der Waals surface area contributed by atoms with Crippen LogP contribution in [0.4, 0.5) is 4.39 Å². The smallest absolute Gasteiger partial charge is 0.335 e. The molecule has 0 bridgehead atoms. The van der Waals surface area contributed by atoms with Crippen molar-refractivity contribution in [1.29, 1.82) is 0 Å². The van der Waals surface area contributed by atoms with Crippen LogP contribution in [0.1, 0.15) is 17.2 Å². The Morgan fingerprint density at radius 1 is 1.53 bits per heavy atom. The number of hydrogen-bond donors (Lipinski definition) is 1. The van der Waals surface area contributed by atoms with Crippen molar-refractivity contribution in [2.75, 3.05) is 13.7 Å². The molecule has 1 amide bonds. The summed E-state index contributed by atoms with van der Waals surface area (Å²) >= 11 is 0. The summed E-state index contributed by atoms with van der Waals surface area (Å²) in [6.07, 6.45) is -1.19. The van der Waals surface area contributed by atoms with Gasteiger partial charge in [-0.1, -0.05) is 6.07 Å². The number of carboxylic acid groups (broad SMARTS) is 1.